The third kappa shape index (κ3) is 4.20. The largest absolute Gasteiger partial charge is 0.346 e. The number of amides is 1. The summed E-state index contributed by atoms with van der Waals surface area (Å²) >= 11 is 7.62. The number of benzene rings is 2. The van der Waals surface area contributed by atoms with Crippen molar-refractivity contribution in [3.8, 4) is 0 Å². The molecule has 1 aromatic heterocycles. The first-order chi connectivity index (χ1) is 13.4. The van der Waals surface area contributed by atoms with Gasteiger partial charge in [-0.05, 0) is 30.3 Å². The van der Waals surface area contributed by atoms with E-state index in [9.17, 15) is 13.2 Å². The zero-order chi connectivity index (χ0) is 20.3. The Hall–Kier alpha value is -2.00. The van der Waals surface area contributed by atoms with Gasteiger partial charge in [0.05, 0.1) is 21.8 Å². The van der Waals surface area contributed by atoms with Gasteiger partial charge in [-0.1, -0.05) is 37.6 Å². The van der Waals surface area contributed by atoms with E-state index in [1.54, 1.807) is 13.8 Å². The summed E-state index contributed by atoms with van der Waals surface area (Å²) in [7, 11) is -3.76. The van der Waals surface area contributed by atoms with Crippen LogP contribution >= 0.6 is 22.9 Å². The average molecular weight is 438 g/mol. The minimum absolute atomic E-state index is 0.0643. The highest BCUT2D eigenvalue weighted by Crippen LogP contribution is 2.26. The van der Waals surface area contributed by atoms with E-state index < -0.39 is 10.0 Å². The maximum Gasteiger partial charge on any atom is 0.251 e. The molecule has 3 rings (SSSR count). The minimum atomic E-state index is -3.76. The van der Waals surface area contributed by atoms with Crippen LogP contribution in [-0.2, 0) is 16.6 Å². The molecule has 0 bridgehead atoms. The van der Waals surface area contributed by atoms with Crippen LogP contribution in [0, 0.1) is 0 Å². The zero-order valence-electron chi connectivity index (χ0n) is 15.5. The van der Waals surface area contributed by atoms with Gasteiger partial charge in [0.1, 0.15) is 9.90 Å². The molecule has 0 radical (unpaired) electrons. The number of carbonyl (C=O) groups is 1. The molecule has 1 N–H and O–H groups in total. The van der Waals surface area contributed by atoms with Crippen molar-refractivity contribution in [2.75, 3.05) is 13.1 Å². The Bertz CT molecular complexity index is 1080. The first-order valence-electron chi connectivity index (χ1n) is 8.79. The van der Waals surface area contributed by atoms with E-state index in [4.69, 9.17) is 11.6 Å². The molecule has 0 aliphatic heterocycles. The molecule has 0 spiro atoms. The number of thiazole rings is 1. The van der Waals surface area contributed by atoms with Gasteiger partial charge < -0.3 is 5.32 Å². The molecular formula is C19H20ClN3O3S2. The van der Waals surface area contributed by atoms with E-state index in [2.05, 4.69) is 10.3 Å². The third-order valence-electron chi connectivity index (χ3n) is 4.25. The fraction of sp³-hybridized carbons (Fsp3) is 0.263. The van der Waals surface area contributed by atoms with E-state index in [1.807, 2.05) is 24.3 Å². The molecule has 0 fully saturated rings. The van der Waals surface area contributed by atoms with Gasteiger partial charge in [0.2, 0.25) is 10.0 Å². The molecule has 0 saturated heterocycles. The van der Waals surface area contributed by atoms with Gasteiger partial charge in [-0.15, -0.1) is 11.3 Å². The molecule has 0 unspecified atom stereocenters. The van der Waals surface area contributed by atoms with Crippen molar-refractivity contribution in [3.05, 3.63) is 58.1 Å². The van der Waals surface area contributed by atoms with Crippen molar-refractivity contribution in [1.82, 2.24) is 14.6 Å². The molecule has 28 heavy (non-hydrogen) atoms. The topological polar surface area (TPSA) is 79.4 Å². The molecule has 0 saturated carbocycles. The van der Waals surface area contributed by atoms with Crippen LogP contribution in [0.15, 0.2) is 47.4 Å². The molecule has 1 heterocycles. The second-order valence-corrected chi connectivity index (χ2v) is 9.42. The highest BCUT2D eigenvalue weighted by molar-refractivity contribution is 7.89. The Morgan fingerprint density at radius 1 is 1.18 bits per heavy atom. The quantitative estimate of drug-likeness (QED) is 0.607. The molecule has 0 aliphatic rings. The van der Waals surface area contributed by atoms with Crippen LogP contribution in [0.5, 0.6) is 0 Å². The number of para-hydroxylation sites is 1. The SMILES string of the molecule is CCN(CC)S(=O)(=O)c1cc(C(=O)NCc2nc3ccccc3s2)ccc1Cl. The van der Waals surface area contributed by atoms with Gasteiger partial charge in [0, 0.05) is 18.7 Å². The average Bonchev–Trinajstić information content (AvgIpc) is 3.10. The van der Waals surface area contributed by atoms with Crippen LogP contribution in [0.1, 0.15) is 29.2 Å². The first kappa shape index (κ1) is 20.7. The number of halogens is 1. The molecule has 2 aromatic carbocycles. The lowest BCUT2D eigenvalue weighted by molar-refractivity contribution is 0.0950. The Labute approximate surface area is 173 Å². The highest BCUT2D eigenvalue weighted by Gasteiger charge is 2.25. The molecule has 148 valence electrons. The fourth-order valence-electron chi connectivity index (χ4n) is 2.80. The second kappa shape index (κ2) is 8.57. The lowest BCUT2D eigenvalue weighted by Gasteiger charge is -2.19. The predicted molar refractivity (Wildman–Crippen MR) is 112 cm³/mol. The van der Waals surface area contributed by atoms with Crippen LogP contribution in [0.4, 0.5) is 0 Å². The summed E-state index contributed by atoms with van der Waals surface area (Å²) in [6.45, 7) is 4.42. The number of rotatable bonds is 7. The van der Waals surface area contributed by atoms with Crippen molar-refractivity contribution in [2.24, 2.45) is 0 Å². The van der Waals surface area contributed by atoms with E-state index in [0.717, 1.165) is 15.2 Å². The number of nitrogens with zero attached hydrogens (tertiary/aromatic N) is 2. The highest BCUT2D eigenvalue weighted by atomic mass is 35.5. The summed E-state index contributed by atoms with van der Waals surface area (Å²) in [5.74, 6) is -0.382. The molecule has 6 nitrogen and oxygen atoms in total. The van der Waals surface area contributed by atoms with Crippen molar-refractivity contribution in [3.63, 3.8) is 0 Å². The van der Waals surface area contributed by atoms with E-state index >= 15 is 0 Å². The smallest absolute Gasteiger partial charge is 0.251 e. The molecule has 1 amide bonds. The number of sulfonamides is 1. The van der Waals surface area contributed by atoms with Gasteiger partial charge in [0.15, 0.2) is 0 Å². The molecule has 3 aromatic rings. The Kier molecular flexibility index (Phi) is 6.34. The molecule has 0 atom stereocenters. The number of nitrogens with one attached hydrogen (secondary N) is 1. The number of fused-ring (bicyclic) bond motifs is 1. The second-order valence-electron chi connectivity index (χ2n) is 5.99. The summed E-state index contributed by atoms with van der Waals surface area (Å²) < 4.78 is 27.9. The van der Waals surface area contributed by atoms with Crippen LogP contribution in [0.2, 0.25) is 5.02 Å². The van der Waals surface area contributed by atoms with E-state index in [-0.39, 0.29) is 27.9 Å². The molecule has 9 heteroatoms. The summed E-state index contributed by atoms with van der Waals surface area (Å²) in [4.78, 5) is 17.0. The lowest BCUT2D eigenvalue weighted by Crippen LogP contribution is -2.31. The third-order valence-corrected chi connectivity index (χ3v) is 7.82. The van der Waals surface area contributed by atoms with Crippen LogP contribution in [0.3, 0.4) is 0 Å². The number of hydrogen-bond donors (Lipinski definition) is 1. The van der Waals surface area contributed by atoms with Crippen molar-refractivity contribution >= 4 is 49.1 Å². The van der Waals surface area contributed by atoms with Crippen molar-refractivity contribution < 1.29 is 13.2 Å². The standard InChI is InChI=1S/C19H20ClN3O3S2/c1-3-23(4-2)28(25,26)17-11-13(9-10-14(17)20)19(24)21-12-18-22-15-7-5-6-8-16(15)27-18/h5-11H,3-4,12H2,1-2H3,(H,21,24). The summed E-state index contributed by atoms with van der Waals surface area (Å²) in [5.41, 5.74) is 1.12. The normalized spacial score (nSPS) is 11.9. The Morgan fingerprint density at radius 2 is 1.89 bits per heavy atom. The summed E-state index contributed by atoms with van der Waals surface area (Å²) in [6.07, 6.45) is 0. The fourth-order valence-corrected chi connectivity index (χ4v) is 5.66. The minimum Gasteiger partial charge on any atom is -0.346 e. The maximum absolute atomic E-state index is 12.8. The van der Waals surface area contributed by atoms with Crippen LogP contribution < -0.4 is 5.32 Å². The van der Waals surface area contributed by atoms with Gasteiger partial charge in [-0.25, -0.2) is 13.4 Å². The monoisotopic (exact) mass is 437 g/mol. The van der Waals surface area contributed by atoms with Gasteiger partial charge in [0.25, 0.3) is 5.91 Å². The number of aromatic nitrogens is 1. The predicted octanol–water partition coefficient (Wildman–Crippen LogP) is 3.91. The maximum atomic E-state index is 12.8. The van der Waals surface area contributed by atoms with E-state index in [1.165, 1.54) is 33.8 Å². The number of carbonyl (C=O) groups excluding carboxylic acids is 1. The van der Waals surface area contributed by atoms with Crippen LogP contribution in [-0.4, -0.2) is 36.7 Å². The van der Waals surface area contributed by atoms with E-state index in [0.29, 0.717) is 13.1 Å². The van der Waals surface area contributed by atoms with Crippen molar-refractivity contribution in [2.45, 2.75) is 25.3 Å². The van der Waals surface area contributed by atoms with Gasteiger partial charge in [-0.2, -0.15) is 4.31 Å². The van der Waals surface area contributed by atoms with Gasteiger partial charge >= 0.3 is 0 Å². The Balaban J connectivity index is 1.80. The molecule has 0 aliphatic carbocycles. The van der Waals surface area contributed by atoms with Gasteiger partial charge in [-0.3, -0.25) is 4.79 Å². The molecular weight excluding hydrogens is 418 g/mol. The summed E-state index contributed by atoms with van der Waals surface area (Å²) in [5, 5.41) is 3.66. The zero-order valence-corrected chi connectivity index (χ0v) is 17.9. The first-order valence-corrected chi connectivity index (χ1v) is 11.4. The summed E-state index contributed by atoms with van der Waals surface area (Å²) in [6, 6.07) is 12.0. The number of hydrogen-bond acceptors (Lipinski definition) is 5. The van der Waals surface area contributed by atoms with Crippen molar-refractivity contribution in [1.29, 1.82) is 0 Å². The lowest BCUT2D eigenvalue weighted by atomic mass is 10.2. The Morgan fingerprint density at radius 3 is 2.57 bits per heavy atom. The van der Waals surface area contributed by atoms with Crippen LogP contribution in [0.25, 0.3) is 10.2 Å².